The van der Waals surface area contributed by atoms with E-state index >= 15 is 0 Å². The molecule has 0 bridgehead atoms. The molecule has 0 unspecified atom stereocenters. The molecule has 0 radical (unpaired) electrons. The van der Waals surface area contributed by atoms with Crippen molar-refractivity contribution in [3.05, 3.63) is 23.3 Å². The summed E-state index contributed by atoms with van der Waals surface area (Å²) in [6, 6.07) is 4.13. The first kappa shape index (κ1) is 17.1. The van der Waals surface area contributed by atoms with Gasteiger partial charge in [0.25, 0.3) is 0 Å². The van der Waals surface area contributed by atoms with Crippen LogP contribution in [0.15, 0.2) is 12.1 Å². The van der Waals surface area contributed by atoms with Crippen LogP contribution >= 0.6 is 0 Å². The first-order chi connectivity index (χ1) is 9.79. The van der Waals surface area contributed by atoms with E-state index in [4.69, 9.17) is 19.4 Å². The highest BCUT2D eigenvalue weighted by molar-refractivity contribution is 5.73. The minimum absolute atomic E-state index is 0.815. The minimum atomic E-state index is -5.08. The number of benzene rings is 1. The van der Waals surface area contributed by atoms with Gasteiger partial charge in [0.1, 0.15) is 0 Å². The molecular weight excluding hydrogens is 291 g/mol. The maximum Gasteiger partial charge on any atom is 0.490 e. The van der Waals surface area contributed by atoms with Gasteiger partial charge in [-0.2, -0.15) is 13.2 Å². The van der Waals surface area contributed by atoms with Crippen LogP contribution in [0.3, 0.4) is 0 Å². The smallest absolute Gasteiger partial charge is 0.490 e. The van der Waals surface area contributed by atoms with E-state index < -0.39 is 12.1 Å². The molecule has 0 saturated heterocycles. The third kappa shape index (κ3) is 4.82. The third-order valence-electron chi connectivity index (χ3n) is 2.83. The number of carboxylic acids is 1. The van der Waals surface area contributed by atoms with Gasteiger partial charge in [-0.05, 0) is 36.2 Å². The highest BCUT2D eigenvalue weighted by Gasteiger charge is 2.38. The molecule has 2 N–H and O–H groups in total. The predicted molar refractivity (Wildman–Crippen MR) is 68.6 cm³/mol. The highest BCUT2D eigenvalue weighted by atomic mass is 19.4. The van der Waals surface area contributed by atoms with E-state index in [1.807, 2.05) is 0 Å². The van der Waals surface area contributed by atoms with E-state index in [2.05, 4.69) is 17.4 Å². The molecule has 0 saturated carbocycles. The molecule has 0 atom stereocenters. The maximum absolute atomic E-state index is 10.6. The van der Waals surface area contributed by atoms with Gasteiger partial charge in [0, 0.05) is 6.54 Å². The van der Waals surface area contributed by atoms with Crippen molar-refractivity contribution in [1.82, 2.24) is 5.32 Å². The average Bonchev–Trinajstić information content (AvgIpc) is 2.45. The van der Waals surface area contributed by atoms with Crippen LogP contribution in [-0.4, -0.2) is 38.0 Å². The minimum Gasteiger partial charge on any atom is -0.493 e. The summed E-state index contributed by atoms with van der Waals surface area (Å²) in [5, 5.41) is 10.5. The van der Waals surface area contributed by atoms with Crippen LogP contribution in [-0.2, 0) is 17.8 Å². The average molecular weight is 307 g/mol. The zero-order valence-corrected chi connectivity index (χ0v) is 11.6. The number of carboxylic acid groups (broad SMARTS) is 1. The van der Waals surface area contributed by atoms with Crippen molar-refractivity contribution in [3.8, 4) is 11.5 Å². The molecule has 118 valence electrons. The van der Waals surface area contributed by atoms with Crippen LogP contribution in [0.25, 0.3) is 0 Å². The summed E-state index contributed by atoms with van der Waals surface area (Å²) < 4.78 is 42.2. The van der Waals surface area contributed by atoms with Gasteiger partial charge < -0.3 is 19.9 Å². The van der Waals surface area contributed by atoms with Crippen LogP contribution in [0.2, 0.25) is 0 Å². The Morgan fingerprint density at radius 1 is 1.19 bits per heavy atom. The molecule has 0 spiro atoms. The lowest BCUT2D eigenvalue weighted by Gasteiger charge is -2.19. The molecule has 2 rings (SSSR count). The zero-order chi connectivity index (χ0) is 16.0. The van der Waals surface area contributed by atoms with E-state index in [1.54, 1.807) is 14.2 Å². The molecular formula is C13H16F3NO4. The lowest BCUT2D eigenvalue weighted by molar-refractivity contribution is -0.192. The molecule has 0 amide bonds. The fraction of sp³-hybridized carbons (Fsp3) is 0.462. The zero-order valence-electron chi connectivity index (χ0n) is 11.6. The number of fused-ring (bicyclic) bond motifs is 1. The molecule has 0 aromatic heterocycles. The third-order valence-corrected chi connectivity index (χ3v) is 2.83. The Labute approximate surface area is 119 Å². The molecule has 1 aromatic carbocycles. The number of alkyl halides is 3. The standard InChI is InChI=1S/C11H15NO2.C2HF3O2/c1-13-10-5-8-3-4-12-7-9(8)6-11(10)14-2;3-2(4,5)1(6)7/h5-6,12H,3-4,7H2,1-2H3;(H,6,7). The molecule has 8 heteroatoms. The van der Waals surface area contributed by atoms with Gasteiger partial charge in [0.05, 0.1) is 14.2 Å². The molecule has 0 fully saturated rings. The maximum atomic E-state index is 10.6. The summed E-state index contributed by atoms with van der Waals surface area (Å²) >= 11 is 0. The second-order valence-electron chi connectivity index (χ2n) is 4.21. The van der Waals surface area contributed by atoms with E-state index in [0.29, 0.717) is 0 Å². The predicted octanol–water partition coefficient (Wildman–Crippen LogP) is 1.98. The lowest BCUT2D eigenvalue weighted by Crippen LogP contribution is -2.23. The molecule has 1 aliphatic heterocycles. The Bertz CT molecular complexity index is 459. The molecule has 1 heterocycles. The van der Waals surface area contributed by atoms with Crippen molar-refractivity contribution >= 4 is 5.97 Å². The summed E-state index contributed by atoms with van der Waals surface area (Å²) in [5.41, 5.74) is 2.68. The summed E-state index contributed by atoms with van der Waals surface area (Å²) in [6.07, 6.45) is -4.02. The molecule has 0 aliphatic carbocycles. The fourth-order valence-electron chi connectivity index (χ4n) is 1.81. The van der Waals surface area contributed by atoms with Gasteiger partial charge in [-0.1, -0.05) is 0 Å². The summed E-state index contributed by atoms with van der Waals surface area (Å²) in [7, 11) is 3.34. The molecule has 5 nitrogen and oxygen atoms in total. The van der Waals surface area contributed by atoms with Gasteiger partial charge in [-0.15, -0.1) is 0 Å². The number of carbonyl (C=O) groups is 1. The Morgan fingerprint density at radius 3 is 2.10 bits per heavy atom. The number of halogens is 3. The van der Waals surface area contributed by atoms with Crippen molar-refractivity contribution in [2.75, 3.05) is 20.8 Å². The van der Waals surface area contributed by atoms with E-state index in [-0.39, 0.29) is 0 Å². The van der Waals surface area contributed by atoms with Crippen LogP contribution in [0, 0.1) is 0 Å². The van der Waals surface area contributed by atoms with Crippen molar-refractivity contribution in [2.45, 2.75) is 19.1 Å². The number of aliphatic carboxylic acids is 1. The monoisotopic (exact) mass is 307 g/mol. The van der Waals surface area contributed by atoms with Gasteiger partial charge in [-0.25, -0.2) is 4.79 Å². The largest absolute Gasteiger partial charge is 0.493 e. The molecule has 1 aliphatic rings. The van der Waals surface area contributed by atoms with Gasteiger partial charge in [-0.3, -0.25) is 0 Å². The van der Waals surface area contributed by atoms with Gasteiger partial charge in [0.2, 0.25) is 0 Å². The first-order valence-corrected chi connectivity index (χ1v) is 6.04. The number of methoxy groups -OCH3 is 2. The first-order valence-electron chi connectivity index (χ1n) is 6.04. The Morgan fingerprint density at radius 2 is 1.67 bits per heavy atom. The molecule has 1 aromatic rings. The van der Waals surface area contributed by atoms with Crippen LogP contribution < -0.4 is 14.8 Å². The van der Waals surface area contributed by atoms with Crippen molar-refractivity contribution in [1.29, 1.82) is 0 Å². The van der Waals surface area contributed by atoms with Crippen LogP contribution in [0.4, 0.5) is 13.2 Å². The Kier molecular flexibility index (Phi) is 5.83. The fourth-order valence-corrected chi connectivity index (χ4v) is 1.81. The van der Waals surface area contributed by atoms with Crippen molar-refractivity contribution < 1.29 is 32.5 Å². The van der Waals surface area contributed by atoms with Gasteiger partial charge in [0.15, 0.2) is 11.5 Å². The van der Waals surface area contributed by atoms with Crippen LogP contribution in [0.5, 0.6) is 11.5 Å². The summed E-state index contributed by atoms with van der Waals surface area (Å²) in [6.45, 7) is 1.97. The number of rotatable bonds is 2. The summed E-state index contributed by atoms with van der Waals surface area (Å²) in [5.74, 6) is -1.12. The van der Waals surface area contributed by atoms with E-state index in [9.17, 15) is 13.2 Å². The molecule has 21 heavy (non-hydrogen) atoms. The second kappa shape index (κ2) is 7.16. The summed E-state index contributed by atoms with van der Waals surface area (Å²) in [4.78, 5) is 8.90. The highest BCUT2D eigenvalue weighted by Crippen LogP contribution is 2.31. The van der Waals surface area contributed by atoms with Crippen molar-refractivity contribution in [3.63, 3.8) is 0 Å². The number of nitrogens with one attached hydrogen (secondary N) is 1. The topological polar surface area (TPSA) is 67.8 Å². The lowest BCUT2D eigenvalue weighted by atomic mass is 10.0. The normalized spacial score (nSPS) is 13.6. The quantitative estimate of drug-likeness (QED) is 0.874. The number of ether oxygens (including phenoxy) is 2. The second-order valence-corrected chi connectivity index (χ2v) is 4.21. The SMILES string of the molecule is COc1cc2c(cc1OC)CNCC2.O=C(O)C(F)(F)F. The van der Waals surface area contributed by atoms with Crippen molar-refractivity contribution in [2.24, 2.45) is 0 Å². The Balaban J connectivity index is 0.000000270. The Hall–Kier alpha value is -1.96. The van der Waals surface area contributed by atoms with E-state index in [0.717, 1.165) is 31.0 Å². The van der Waals surface area contributed by atoms with E-state index in [1.165, 1.54) is 11.1 Å². The van der Waals surface area contributed by atoms with Crippen LogP contribution in [0.1, 0.15) is 11.1 Å². The van der Waals surface area contributed by atoms with Gasteiger partial charge >= 0.3 is 12.1 Å². The number of hydrogen-bond donors (Lipinski definition) is 2. The number of hydrogen-bond acceptors (Lipinski definition) is 4.